The molecule has 0 radical (unpaired) electrons. The highest BCUT2D eigenvalue weighted by Crippen LogP contribution is 2.31. The number of hydrogen-bond acceptors (Lipinski definition) is 7. The van der Waals surface area contributed by atoms with E-state index in [0.717, 1.165) is 31.5 Å². The van der Waals surface area contributed by atoms with Gasteiger partial charge in [-0.1, -0.05) is 11.6 Å². The number of methoxy groups -OCH3 is 1. The Morgan fingerprint density at radius 2 is 1.97 bits per heavy atom. The SMILES string of the molecule is COc1cc(C(=O)N2CCC(N(C)C)CC2)ccc1Nc1ncc(Cl)c(-c2cnn(C(C)C)c2)n1. The topological polar surface area (TPSA) is 88.4 Å². The number of hydrogen-bond donors (Lipinski definition) is 1. The van der Waals surface area contributed by atoms with Crippen LogP contribution in [-0.2, 0) is 0 Å². The van der Waals surface area contributed by atoms with Crippen LogP contribution in [0.2, 0.25) is 5.02 Å². The van der Waals surface area contributed by atoms with Crippen LogP contribution in [0.15, 0.2) is 36.8 Å². The van der Waals surface area contributed by atoms with E-state index in [0.29, 0.717) is 39.7 Å². The molecule has 0 bridgehead atoms. The summed E-state index contributed by atoms with van der Waals surface area (Å²) in [5.74, 6) is 0.913. The van der Waals surface area contributed by atoms with Gasteiger partial charge in [0.25, 0.3) is 5.91 Å². The third kappa shape index (κ3) is 5.57. The number of nitrogens with one attached hydrogen (secondary N) is 1. The van der Waals surface area contributed by atoms with Gasteiger partial charge in [0.05, 0.1) is 35.9 Å². The number of carbonyl (C=O) groups is 1. The molecule has 0 spiro atoms. The molecule has 0 aliphatic carbocycles. The standard InChI is InChI=1S/C25H32ClN7O2/c1-16(2)33-15-18(13-28-33)23-20(26)14-27-25(30-23)29-21-7-6-17(12-22(21)35-5)24(34)32-10-8-19(9-11-32)31(3)4/h6-7,12-16,19H,8-11H2,1-5H3,(H,27,29,30). The van der Waals surface area contributed by atoms with Gasteiger partial charge in [-0.3, -0.25) is 9.48 Å². The summed E-state index contributed by atoms with van der Waals surface area (Å²) in [6.45, 7) is 5.60. The molecule has 10 heteroatoms. The Hall–Kier alpha value is -3.17. The van der Waals surface area contributed by atoms with Gasteiger partial charge in [0.15, 0.2) is 0 Å². The van der Waals surface area contributed by atoms with E-state index in [1.54, 1.807) is 31.6 Å². The maximum absolute atomic E-state index is 13.1. The van der Waals surface area contributed by atoms with Crippen molar-refractivity contribution in [3.8, 4) is 17.0 Å². The molecule has 0 saturated carbocycles. The van der Waals surface area contributed by atoms with Gasteiger partial charge in [0, 0.05) is 42.5 Å². The summed E-state index contributed by atoms with van der Waals surface area (Å²) in [4.78, 5) is 26.1. The quantitative estimate of drug-likeness (QED) is 0.514. The van der Waals surface area contributed by atoms with Crippen LogP contribution in [0.25, 0.3) is 11.3 Å². The van der Waals surface area contributed by atoms with E-state index in [1.165, 1.54) is 0 Å². The number of halogens is 1. The minimum Gasteiger partial charge on any atom is -0.495 e. The summed E-state index contributed by atoms with van der Waals surface area (Å²) in [5.41, 5.74) is 2.64. The van der Waals surface area contributed by atoms with Crippen molar-refractivity contribution in [2.45, 2.75) is 38.8 Å². The summed E-state index contributed by atoms with van der Waals surface area (Å²) in [6.07, 6.45) is 7.15. The monoisotopic (exact) mass is 497 g/mol. The minimum atomic E-state index is 0.0132. The van der Waals surface area contributed by atoms with Crippen LogP contribution in [0.5, 0.6) is 5.75 Å². The predicted molar refractivity (Wildman–Crippen MR) is 138 cm³/mol. The molecular formula is C25H32ClN7O2. The normalized spacial score (nSPS) is 14.6. The van der Waals surface area contributed by atoms with Crippen molar-refractivity contribution in [1.29, 1.82) is 0 Å². The number of carbonyl (C=O) groups excluding carboxylic acids is 1. The fourth-order valence-corrected chi connectivity index (χ4v) is 4.39. The molecule has 186 valence electrons. The lowest BCUT2D eigenvalue weighted by molar-refractivity contribution is 0.0663. The van der Waals surface area contributed by atoms with Crippen LogP contribution in [0.4, 0.5) is 11.6 Å². The molecule has 2 aromatic heterocycles. The second kappa shape index (κ2) is 10.6. The number of piperidine rings is 1. The Kier molecular flexibility index (Phi) is 7.57. The van der Waals surface area contributed by atoms with Crippen molar-refractivity contribution in [2.75, 3.05) is 39.6 Å². The smallest absolute Gasteiger partial charge is 0.253 e. The molecule has 35 heavy (non-hydrogen) atoms. The molecule has 1 aliphatic rings. The largest absolute Gasteiger partial charge is 0.495 e. The van der Waals surface area contributed by atoms with E-state index in [-0.39, 0.29) is 11.9 Å². The molecule has 1 aliphatic heterocycles. The number of aromatic nitrogens is 4. The molecule has 1 amide bonds. The molecule has 1 fully saturated rings. The number of likely N-dealkylation sites (tertiary alicyclic amines) is 1. The van der Waals surface area contributed by atoms with E-state index in [1.807, 2.05) is 21.8 Å². The summed E-state index contributed by atoms with van der Waals surface area (Å²) in [5, 5.41) is 8.00. The molecule has 4 rings (SSSR count). The first-order valence-corrected chi connectivity index (χ1v) is 12.1. The minimum absolute atomic E-state index is 0.0132. The van der Waals surface area contributed by atoms with Crippen molar-refractivity contribution >= 4 is 29.1 Å². The third-order valence-corrected chi connectivity index (χ3v) is 6.60. The van der Waals surface area contributed by atoms with Crippen molar-refractivity contribution in [3.63, 3.8) is 0 Å². The molecule has 0 atom stereocenters. The van der Waals surface area contributed by atoms with Crippen molar-refractivity contribution < 1.29 is 9.53 Å². The Labute approximate surface area is 211 Å². The fourth-order valence-electron chi connectivity index (χ4n) is 4.19. The van der Waals surface area contributed by atoms with Gasteiger partial charge in [0.1, 0.15) is 5.75 Å². The molecule has 0 unspecified atom stereocenters. The Morgan fingerprint density at radius 3 is 2.60 bits per heavy atom. The van der Waals surface area contributed by atoms with Gasteiger partial charge in [-0.25, -0.2) is 9.97 Å². The van der Waals surface area contributed by atoms with Crippen LogP contribution in [-0.4, -0.2) is 75.8 Å². The van der Waals surface area contributed by atoms with Gasteiger partial charge in [0.2, 0.25) is 5.95 Å². The highest BCUT2D eigenvalue weighted by atomic mass is 35.5. The maximum atomic E-state index is 13.1. The van der Waals surface area contributed by atoms with Crippen LogP contribution >= 0.6 is 11.6 Å². The van der Waals surface area contributed by atoms with Gasteiger partial charge in [-0.05, 0) is 59.0 Å². The Balaban J connectivity index is 1.52. The van der Waals surface area contributed by atoms with Crippen LogP contribution < -0.4 is 10.1 Å². The molecule has 1 aromatic carbocycles. The zero-order chi connectivity index (χ0) is 25.1. The fraction of sp³-hybridized carbons (Fsp3) is 0.440. The summed E-state index contributed by atoms with van der Waals surface area (Å²) < 4.78 is 7.43. The first kappa shape index (κ1) is 24.9. The zero-order valence-electron chi connectivity index (χ0n) is 20.8. The number of ether oxygens (including phenoxy) is 1. The number of amides is 1. The lowest BCUT2D eigenvalue weighted by Crippen LogP contribution is -2.44. The number of nitrogens with zero attached hydrogens (tertiary/aromatic N) is 6. The average molecular weight is 498 g/mol. The summed E-state index contributed by atoms with van der Waals surface area (Å²) >= 11 is 6.38. The van der Waals surface area contributed by atoms with E-state index in [4.69, 9.17) is 16.3 Å². The molecule has 3 heterocycles. The van der Waals surface area contributed by atoms with Gasteiger partial charge in [-0.15, -0.1) is 0 Å². The average Bonchev–Trinajstić information content (AvgIpc) is 3.35. The molecule has 3 aromatic rings. The third-order valence-electron chi connectivity index (χ3n) is 6.33. The van der Waals surface area contributed by atoms with Crippen LogP contribution in [0.3, 0.4) is 0 Å². The van der Waals surface area contributed by atoms with E-state index in [2.05, 4.69) is 53.2 Å². The second-order valence-corrected chi connectivity index (χ2v) is 9.63. The number of anilines is 2. The van der Waals surface area contributed by atoms with E-state index in [9.17, 15) is 4.79 Å². The second-order valence-electron chi connectivity index (χ2n) is 9.22. The van der Waals surface area contributed by atoms with Crippen molar-refractivity contribution in [2.24, 2.45) is 0 Å². The van der Waals surface area contributed by atoms with E-state index >= 15 is 0 Å². The van der Waals surface area contributed by atoms with Crippen LogP contribution in [0.1, 0.15) is 43.1 Å². The van der Waals surface area contributed by atoms with Gasteiger partial charge in [-0.2, -0.15) is 5.10 Å². The van der Waals surface area contributed by atoms with Gasteiger partial charge >= 0.3 is 0 Å². The number of benzene rings is 1. The zero-order valence-corrected chi connectivity index (χ0v) is 21.6. The first-order chi connectivity index (χ1) is 16.8. The first-order valence-electron chi connectivity index (χ1n) is 11.7. The van der Waals surface area contributed by atoms with Crippen LogP contribution in [0, 0.1) is 0 Å². The highest BCUT2D eigenvalue weighted by Gasteiger charge is 2.25. The molecule has 1 N–H and O–H groups in total. The lowest BCUT2D eigenvalue weighted by Gasteiger charge is -2.35. The summed E-state index contributed by atoms with van der Waals surface area (Å²) in [6, 6.07) is 6.12. The van der Waals surface area contributed by atoms with Crippen molar-refractivity contribution in [3.05, 3.63) is 47.4 Å². The summed E-state index contributed by atoms with van der Waals surface area (Å²) in [7, 11) is 5.75. The van der Waals surface area contributed by atoms with Gasteiger partial charge < -0.3 is 19.9 Å². The van der Waals surface area contributed by atoms with Crippen molar-refractivity contribution in [1.82, 2.24) is 29.5 Å². The highest BCUT2D eigenvalue weighted by molar-refractivity contribution is 6.32. The Morgan fingerprint density at radius 1 is 1.23 bits per heavy atom. The Bertz CT molecular complexity index is 1190. The lowest BCUT2D eigenvalue weighted by atomic mass is 10.0. The van der Waals surface area contributed by atoms with E-state index < -0.39 is 0 Å². The maximum Gasteiger partial charge on any atom is 0.253 e. The molecule has 9 nitrogen and oxygen atoms in total. The predicted octanol–water partition coefficient (Wildman–Crippen LogP) is 4.49. The number of rotatable bonds is 7. The molecular weight excluding hydrogens is 466 g/mol. The molecule has 1 saturated heterocycles.